The maximum absolute atomic E-state index is 5.70. The first kappa shape index (κ1) is 13.1. The molecule has 0 bridgehead atoms. The Labute approximate surface area is 121 Å². The van der Waals surface area contributed by atoms with E-state index in [2.05, 4.69) is 15.1 Å². The summed E-state index contributed by atoms with van der Waals surface area (Å²) in [6.07, 6.45) is 3.73. The zero-order valence-corrected chi connectivity index (χ0v) is 11.5. The fraction of sp³-hybridized carbons (Fsp3) is 0.133. The number of ether oxygens (including phenoxy) is 1. The number of benzene rings is 1. The molecule has 0 unspecified atom stereocenters. The van der Waals surface area contributed by atoms with Crippen LogP contribution in [0.5, 0.6) is 5.75 Å². The van der Waals surface area contributed by atoms with Crippen molar-refractivity contribution in [2.45, 2.75) is 6.42 Å². The van der Waals surface area contributed by atoms with Crippen molar-refractivity contribution in [1.29, 1.82) is 0 Å². The van der Waals surface area contributed by atoms with Crippen LogP contribution in [-0.2, 0) is 6.42 Å². The summed E-state index contributed by atoms with van der Waals surface area (Å²) >= 11 is 0. The molecular weight excluding hydrogens is 268 g/mol. The van der Waals surface area contributed by atoms with Gasteiger partial charge in [0.2, 0.25) is 0 Å². The van der Waals surface area contributed by atoms with E-state index in [9.17, 15) is 0 Å². The molecule has 0 aliphatic rings. The van der Waals surface area contributed by atoms with Gasteiger partial charge < -0.3 is 15.0 Å². The number of nitrogen functional groups attached to an aromatic ring is 1. The highest BCUT2D eigenvalue weighted by atomic mass is 16.5. The Balaban J connectivity index is 1.85. The largest absolute Gasteiger partial charge is 0.496 e. The minimum absolute atomic E-state index is 0.402. The first-order valence-electron chi connectivity index (χ1n) is 6.41. The van der Waals surface area contributed by atoms with Crippen LogP contribution >= 0.6 is 0 Å². The van der Waals surface area contributed by atoms with Gasteiger partial charge in [0, 0.05) is 24.4 Å². The number of rotatable bonds is 4. The van der Waals surface area contributed by atoms with Crippen molar-refractivity contribution in [3.05, 3.63) is 54.1 Å². The Hall–Kier alpha value is -2.89. The van der Waals surface area contributed by atoms with Crippen molar-refractivity contribution >= 4 is 5.69 Å². The molecule has 0 aliphatic heterocycles. The van der Waals surface area contributed by atoms with Gasteiger partial charge in [0.05, 0.1) is 18.4 Å². The number of aromatic nitrogens is 3. The maximum Gasteiger partial charge on any atom is 0.259 e. The molecule has 3 aromatic rings. The molecule has 2 N–H and O–H groups in total. The molecule has 0 saturated carbocycles. The number of nitrogens with two attached hydrogens (primary N) is 1. The lowest BCUT2D eigenvalue weighted by Crippen LogP contribution is -1.95. The molecule has 0 fully saturated rings. The van der Waals surface area contributed by atoms with Crippen LogP contribution in [0, 0.1) is 0 Å². The van der Waals surface area contributed by atoms with Gasteiger partial charge in [0.15, 0.2) is 5.82 Å². The average Bonchev–Trinajstić information content (AvgIpc) is 2.96. The minimum atomic E-state index is 0.402. The van der Waals surface area contributed by atoms with Gasteiger partial charge in [-0.15, -0.1) is 0 Å². The van der Waals surface area contributed by atoms with Crippen LogP contribution in [0.4, 0.5) is 5.69 Å². The molecule has 1 aromatic carbocycles. The normalized spacial score (nSPS) is 10.5. The molecule has 2 aromatic heterocycles. The SMILES string of the molecule is COc1ccccc1Cc1noc(-c2cncc(N)c2)n1. The highest BCUT2D eigenvalue weighted by Crippen LogP contribution is 2.22. The monoisotopic (exact) mass is 282 g/mol. The molecule has 0 amide bonds. The van der Waals surface area contributed by atoms with Gasteiger partial charge in [-0.05, 0) is 12.1 Å². The third-order valence-corrected chi connectivity index (χ3v) is 3.02. The van der Waals surface area contributed by atoms with Gasteiger partial charge in [-0.2, -0.15) is 4.98 Å². The first-order valence-corrected chi connectivity index (χ1v) is 6.41. The van der Waals surface area contributed by atoms with Crippen LogP contribution in [0.2, 0.25) is 0 Å². The van der Waals surface area contributed by atoms with Gasteiger partial charge in [-0.25, -0.2) is 0 Å². The second-order valence-corrected chi connectivity index (χ2v) is 4.51. The van der Waals surface area contributed by atoms with Crippen LogP contribution in [-0.4, -0.2) is 22.2 Å². The Morgan fingerprint density at radius 1 is 1.24 bits per heavy atom. The van der Waals surface area contributed by atoms with Crippen molar-refractivity contribution in [3.8, 4) is 17.2 Å². The lowest BCUT2D eigenvalue weighted by atomic mass is 10.1. The standard InChI is InChI=1S/C15H14N4O2/c1-20-13-5-3-2-4-10(13)7-14-18-15(21-19-14)11-6-12(16)9-17-8-11/h2-6,8-9H,7,16H2,1H3. The lowest BCUT2D eigenvalue weighted by Gasteiger charge is -2.05. The van der Waals surface area contributed by atoms with E-state index in [1.54, 1.807) is 25.6 Å². The zero-order chi connectivity index (χ0) is 14.7. The summed E-state index contributed by atoms with van der Waals surface area (Å²) in [6, 6.07) is 9.48. The van der Waals surface area contributed by atoms with E-state index >= 15 is 0 Å². The number of hydrogen-bond donors (Lipinski definition) is 1. The third kappa shape index (κ3) is 2.84. The molecule has 2 heterocycles. The number of methoxy groups -OCH3 is 1. The zero-order valence-electron chi connectivity index (χ0n) is 11.5. The Kier molecular flexibility index (Phi) is 3.51. The molecule has 0 aliphatic carbocycles. The topological polar surface area (TPSA) is 87.1 Å². The molecule has 0 radical (unpaired) electrons. The van der Waals surface area contributed by atoms with Crippen LogP contribution in [0.3, 0.4) is 0 Å². The van der Waals surface area contributed by atoms with E-state index in [1.165, 1.54) is 0 Å². The molecule has 0 atom stereocenters. The van der Waals surface area contributed by atoms with E-state index in [4.69, 9.17) is 15.0 Å². The summed E-state index contributed by atoms with van der Waals surface area (Å²) in [5, 5.41) is 3.98. The van der Waals surface area contributed by atoms with E-state index < -0.39 is 0 Å². The van der Waals surface area contributed by atoms with Crippen molar-refractivity contribution in [1.82, 2.24) is 15.1 Å². The summed E-state index contributed by atoms with van der Waals surface area (Å²) < 4.78 is 10.6. The molecule has 0 spiro atoms. The molecular formula is C15H14N4O2. The molecule has 6 heteroatoms. The minimum Gasteiger partial charge on any atom is -0.496 e. The number of para-hydroxylation sites is 1. The molecule has 6 nitrogen and oxygen atoms in total. The predicted octanol–water partition coefficient (Wildman–Crippen LogP) is 2.31. The maximum atomic E-state index is 5.70. The Bertz CT molecular complexity index is 755. The first-order chi connectivity index (χ1) is 10.3. The summed E-state index contributed by atoms with van der Waals surface area (Å²) in [7, 11) is 1.64. The molecule has 21 heavy (non-hydrogen) atoms. The quantitative estimate of drug-likeness (QED) is 0.790. The summed E-state index contributed by atoms with van der Waals surface area (Å²) in [5.74, 6) is 1.78. The van der Waals surface area contributed by atoms with Crippen molar-refractivity contribution in [2.75, 3.05) is 12.8 Å². The molecule has 106 valence electrons. The van der Waals surface area contributed by atoms with Crippen LogP contribution < -0.4 is 10.5 Å². The summed E-state index contributed by atoms with van der Waals surface area (Å²) in [5.41, 5.74) is 7.95. The van der Waals surface area contributed by atoms with E-state index in [1.807, 2.05) is 24.3 Å². The lowest BCUT2D eigenvalue weighted by molar-refractivity contribution is 0.408. The Morgan fingerprint density at radius 2 is 2.10 bits per heavy atom. The summed E-state index contributed by atoms with van der Waals surface area (Å²) in [4.78, 5) is 8.37. The van der Waals surface area contributed by atoms with Gasteiger partial charge in [-0.1, -0.05) is 23.4 Å². The van der Waals surface area contributed by atoms with Crippen molar-refractivity contribution < 1.29 is 9.26 Å². The van der Waals surface area contributed by atoms with Crippen LogP contribution in [0.25, 0.3) is 11.5 Å². The second kappa shape index (κ2) is 5.62. The van der Waals surface area contributed by atoms with Gasteiger partial charge >= 0.3 is 0 Å². The molecule has 3 rings (SSSR count). The predicted molar refractivity (Wildman–Crippen MR) is 77.7 cm³/mol. The highest BCUT2D eigenvalue weighted by molar-refractivity contribution is 5.57. The highest BCUT2D eigenvalue weighted by Gasteiger charge is 2.12. The van der Waals surface area contributed by atoms with Gasteiger partial charge in [-0.3, -0.25) is 4.98 Å². The fourth-order valence-electron chi connectivity index (χ4n) is 2.04. The number of pyridine rings is 1. The smallest absolute Gasteiger partial charge is 0.259 e. The Morgan fingerprint density at radius 3 is 2.90 bits per heavy atom. The number of hydrogen-bond acceptors (Lipinski definition) is 6. The van der Waals surface area contributed by atoms with Crippen molar-refractivity contribution in [2.24, 2.45) is 0 Å². The second-order valence-electron chi connectivity index (χ2n) is 4.51. The van der Waals surface area contributed by atoms with E-state index in [0.717, 1.165) is 11.3 Å². The van der Waals surface area contributed by atoms with E-state index in [-0.39, 0.29) is 0 Å². The number of nitrogens with zero attached hydrogens (tertiary/aromatic N) is 3. The number of anilines is 1. The van der Waals surface area contributed by atoms with Crippen LogP contribution in [0.15, 0.2) is 47.2 Å². The van der Waals surface area contributed by atoms with Crippen LogP contribution in [0.1, 0.15) is 11.4 Å². The van der Waals surface area contributed by atoms with Gasteiger partial charge in [0.25, 0.3) is 5.89 Å². The summed E-state index contributed by atoms with van der Waals surface area (Å²) in [6.45, 7) is 0. The fourth-order valence-corrected chi connectivity index (χ4v) is 2.04. The van der Waals surface area contributed by atoms with E-state index in [0.29, 0.717) is 29.4 Å². The van der Waals surface area contributed by atoms with Gasteiger partial charge in [0.1, 0.15) is 5.75 Å². The molecule has 0 saturated heterocycles. The average molecular weight is 282 g/mol. The third-order valence-electron chi connectivity index (χ3n) is 3.02. The van der Waals surface area contributed by atoms with Crippen molar-refractivity contribution in [3.63, 3.8) is 0 Å².